The molecule has 1 aromatic heterocycles. The van der Waals surface area contributed by atoms with Gasteiger partial charge in [0.2, 0.25) is 0 Å². The predicted molar refractivity (Wildman–Crippen MR) is 119 cm³/mol. The molecule has 29 heavy (non-hydrogen) atoms. The molecule has 4 nitrogen and oxygen atoms in total. The molecule has 0 saturated heterocycles. The molecule has 1 saturated carbocycles. The van der Waals surface area contributed by atoms with E-state index < -0.39 is 0 Å². The van der Waals surface area contributed by atoms with Crippen molar-refractivity contribution in [1.29, 1.82) is 0 Å². The van der Waals surface area contributed by atoms with Gasteiger partial charge < -0.3 is 4.74 Å². The highest BCUT2D eigenvalue weighted by Crippen LogP contribution is 2.35. The minimum absolute atomic E-state index is 0.495. The van der Waals surface area contributed by atoms with Crippen LogP contribution in [0.5, 0.6) is 5.75 Å². The maximum atomic E-state index is 5.34. The lowest BCUT2D eigenvalue weighted by molar-refractivity contribution is 0.414. The van der Waals surface area contributed by atoms with Gasteiger partial charge >= 0.3 is 0 Å². The van der Waals surface area contributed by atoms with Crippen LogP contribution < -0.4 is 4.74 Å². The van der Waals surface area contributed by atoms with E-state index in [1.807, 2.05) is 12.1 Å². The summed E-state index contributed by atoms with van der Waals surface area (Å²) in [6.07, 6.45) is 6.31. The summed E-state index contributed by atoms with van der Waals surface area (Å²) < 4.78 is 7.61. The third kappa shape index (κ3) is 4.50. The molecule has 1 heterocycles. The molecule has 4 rings (SSSR count). The van der Waals surface area contributed by atoms with Crippen LogP contribution in [0.25, 0.3) is 5.69 Å². The van der Waals surface area contributed by atoms with Crippen LogP contribution in [-0.2, 0) is 5.75 Å². The monoisotopic (exact) mass is 407 g/mol. The highest BCUT2D eigenvalue weighted by molar-refractivity contribution is 7.98. The van der Waals surface area contributed by atoms with Gasteiger partial charge in [-0.2, -0.15) is 0 Å². The molecule has 0 aliphatic heterocycles. The molecule has 0 unspecified atom stereocenters. The molecule has 2 aromatic carbocycles. The van der Waals surface area contributed by atoms with Gasteiger partial charge in [-0.3, -0.25) is 4.57 Å². The normalized spacial score (nSPS) is 14.9. The molecule has 1 fully saturated rings. The second kappa shape index (κ2) is 9.04. The number of aromatic nitrogens is 3. The number of methoxy groups -OCH3 is 1. The van der Waals surface area contributed by atoms with E-state index in [1.54, 1.807) is 18.9 Å². The van der Waals surface area contributed by atoms with Crippen molar-refractivity contribution < 1.29 is 4.74 Å². The largest absolute Gasteiger partial charge is 0.497 e. The highest BCUT2D eigenvalue weighted by Gasteiger charge is 2.24. The van der Waals surface area contributed by atoms with E-state index in [-0.39, 0.29) is 0 Å². The summed E-state index contributed by atoms with van der Waals surface area (Å²) in [6.45, 7) is 4.33. The molecule has 0 amide bonds. The van der Waals surface area contributed by atoms with Gasteiger partial charge in [-0.1, -0.05) is 49.2 Å². The number of rotatable bonds is 6. The fourth-order valence-electron chi connectivity index (χ4n) is 4.02. The van der Waals surface area contributed by atoms with Gasteiger partial charge in [0.1, 0.15) is 11.6 Å². The van der Waals surface area contributed by atoms with E-state index >= 15 is 0 Å². The molecule has 0 bridgehead atoms. The fraction of sp³-hybridized carbons (Fsp3) is 0.417. The Morgan fingerprint density at radius 3 is 2.41 bits per heavy atom. The fourth-order valence-corrected chi connectivity index (χ4v) is 4.92. The quantitative estimate of drug-likeness (QED) is 0.454. The Kier molecular flexibility index (Phi) is 6.24. The number of nitrogens with zero attached hydrogens (tertiary/aromatic N) is 3. The van der Waals surface area contributed by atoms with Crippen molar-refractivity contribution in [3.63, 3.8) is 0 Å². The van der Waals surface area contributed by atoms with Crippen molar-refractivity contribution >= 4 is 11.8 Å². The zero-order valence-corrected chi connectivity index (χ0v) is 18.3. The summed E-state index contributed by atoms with van der Waals surface area (Å²) in [5, 5.41) is 10.2. The van der Waals surface area contributed by atoms with Crippen LogP contribution in [-0.4, -0.2) is 21.9 Å². The van der Waals surface area contributed by atoms with Crippen molar-refractivity contribution in [1.82, 2.24) is 14.8 Å². The maximum absolute atomic E-state index is 5.34. The number of aryl methyl sites for hydroxylation is 2. The first-order valence-corrected chi connectivity index (χ1v) is 11.4. The molecule has 0 N–H and O–H groups in total. The summed E-state index contributed by atoms with van der Waals surface area (Å²) >= 11 is 1.76. The molecular weight excluding hydrogens is 378 g/mol. The Balaban J connectivity index is 1.64. The molecule has 0 radical (unpaired) electrons. The number of ether oxygens (including phenoxy) is 1. The molecule has 152 valence electrons. The summed E-state index contributed by atoms with van der Waals surface area (Å²) in [5.74, 6) is 3.36. The van der Waals surface area contributed by atoms with Gasteiger partial charge in [0.25, 0.3) is 0 Å². The minimum Gasteiger partial charge on any atom is -0.497 e. The van der Waals surface area contributed by atoms with E-state index in [1.165, 1.54) is 48.8 Å². The van der Waals surface area contributed by atoms with Gasteiger partial charge in [0.05, 0.1) is 7.11 Å². The summed E-state index contributed by atoms with van der Waals surface area (Å²) in [6, 6.07) is 14.9. The van der Waals surface area contributed by atoms with Gasteiger partial charge in [0, 0.05) is 17.4 Å². The number of hydrogen-bond donors (Lipinski definition) is 0. The lowest BCUT2D eigenvalue weighted by Crippen LogP contribution is -2.12. The summed E-state index contributed by atoms with van der Waals surface area (Å²) in [5.41, 5.74) is 5.10. The average Bonchev–Trinajstić information content (AvgIpc) is 3.19. The lowest BCUT2D eigenvalue weighted by atomic mass is 9.88. The first-order valence-electron chi connectivity index (χ1n) is 10.4. The van der Waals surface area contributed by atoms with Crippen LogP contribution in [0, 0.1) is 13.8 Å². The van der Waals surface area contributed by atoms with Crippen molar-refractivity contribution in [2.24, 2.45) is 0 Å². The van der Waals surface area contributed by atoms with E-state index in [4.69, 9.17) is 4.74 Å². The van der Waals surface area contributed by atoms with Crippen LogP contribution in [0.3, 0.4) is 0 Å². The van der Waals surface area contributed by atoms with Crippen molar-refractivity contribution in [2.45, 2.75) is 62.8 Å². The van der Waals surface area contributed by atoms with Gasteiger partial charge in [-0.15, -0.1) is 10.2 Å². The summed E-state index contributed by atoms with van der Waals surface area (Å²) in [7, 11) is 1.70. The molecule has 3 aromatic rings. The van der Waals surface area contributed by atoms with Crippen LogP contribution in [0.2, 0.25) is 0 Å². The average molecular weight is 408 g/mol. The molecule has 5 heteroatoms. The Morgan fingerprint density at radius 2 is 1.72 bits per heavy atom. The Bertz CT molecular complexity index is 959. The SMILES string of the molecule is COc1ccc(-n2c(SCc3ccc(C)c(C)c3)nnc2C2CCCCC2)cc1. The number of thioether (sulfide) groups is 1. The van der Waals surface area contributed by atoms with E-state index in [0.29, 0.717) is 5.92 Å². The summed E-state index contributed by atoms with van der Waals surface area (Å²) in [4.78, 5) is 0. The van der Waals surface area contributed by atoms with Crippen LogP contribution in [0.15, 0.2) is 47.6 Å². The maximum Gasteiger partial charge on any atom is 0.196 e. The molecular formula is C24H29N3OS. The third-order valence-corrected chi connectivity index (χ3v) is 6.90. The van der Waals surface area contributed by atoms with Gasteiger partial charge in [-0.05, 0) is 67.6 Å². The highest BCUT2D eigenvalue weighted by atomic mass is 32.2. The van der Waals surface area contributed by atoms with Crippen molar-refractivity contribution in [2.75, 3.05) is 7.11 Å². The Hall–Kier alpha value is -2.27. The van der Waals surface area contributed by atoms with Crippen molar-refractivity contribution in [3.05, 3.63) is 65.0 Å². The third-order valence-electron chi connectivity index (χ3n) is 5.90. The number of benzene rings is 2. The topological polar surface area (TPSA) is 39.9 Å². The first-order chi connectivity index (χ1) is 14.2. The van der Waals surface area contributed by atoms with Gasteiger partial charge in [-0.25, -0.2) is 0 Å². The van der Waals surface area contributed by atoms with Crippen molar-refractivity contribution in [3.8, 4) is 11.4 Å². The Labute approximate surface area is 177 Å². The molecule has 1 aliphatic rings. The second-order valence-corrected chi connectivity index (χ2v) is 8.86. The zero-order chi connectivity index (χ0) is 20.2. The van der Waals surface area contributed by atoms with Crippen LogP contribution in [0.4, 0.5) is 0 Å². The Morgan fingerprint density at radius 1 is 0.966 bits per heavy atom. The zero-order valence-electron chi connectivity index (χ0n) is 17.5. The van der Waals surface area contributed by atoms with Crippen LogP contribution in [0.1, 0.15) is 60.5 Å². The van der Waals surface area contributed by atoms with E-state index in [2.05, 4.69) is 58.9 Å². The standard InChI is InChI=1S/C24H29N3OS/c1-17-9-10-19(15-18(17)2)16-29-24-26-25-23(20-7-5-4-6-8-20)27(24)21-11-13-22(28-3)14-12-21/h9-15,20H,4-8,16H2,1-3H3. The predicted octanol–water partition coefficient (Wildman–Crippen LogP) is 6.23. The minimum atomic E-state index is 0.495. The molecule has 0 atom stereocenters. The molecule has 0 spiro atoms. The van der Waals surface area contributed by atoms with E-state index in [9.17, 15) is 0 Å². The van der Waals surface area contributed by atoms with Gasteiger partial charge in [0.15, 0.2) is 5.16 Å². The lowest BCUT2D eigenvalue weighted by Gasteiger charge is -2.22. The smallest absolute Gasteiger partial charge is 0.196 e. The van der Waals surface area contributed by atoms with E-state index in [0.717, 1.165) is 28.2 Å². The second-order valence-electron chi connectivity index (χ2n) is 7.92. The number of hydrogen-bond acceptors (Lipinski definition) is 4. The first kappa shape index (κ1) is 20.0. The molecule has 1 aliphatic carbocycles. The van der Waals surface area contributed by atoms with Crippen LogP contribution >= 0.6 is 11.8 Å².